The minimum atomic E-state index is -4.34. The molecule has 0 aliphatic rings. The molecule has 1 unspecified atom stereocenters. The Kier molecular flexibility index (Phi) is 3.61. The molecule has 0 amide bonds. The first kappa shape index (κ1) is 13.6. The van der Waals surface area contributed by atoms with Gasteiger partial charge >= 0.3 is 6.18 Å². The summed E-state index contributed by atoms with van der Waals surface area (Å²) >= 11 is 0. The van der Waals surface area contributed by atoms with Crippen LogP contribution in [-0.2, 0) is 12.6 Å². The number of hydrogen-bond acceptors (Lipinski definition) is 2. The van der Waals surface area contributed by atoms with Crippen molar-refractivity contribution in [1.82, 2.24) is 9.97 Å². The van der Waals surface area contributed by atoms with E-state index in [1.807, 2.05) is 6.92 Å². The third kappa shape index (κ3) is 3.35. The maximum absolute atomic E-state index is 12.6. The van der Waals surface area contributed by atoms with Crippen molar-refractivity contribution in [3.8, 4) is 11.3 Å². The fourth-order valence-corrected chi connectivity index (χ4v) is 1.78. The molecule has 3 nitrogen and oxygen atoms in total. The van der Waals surface area contributed by atoms with Crippen LogP contribution >= 0.6 is 0 Å². The molecule has 1 heterocycles. The Bertz CT molecular complexity index is 558. The normalized spacial score (nSPS) is 13.5. The van der Waals surface area contributed by atoms with Crippen molar-refractivity contribution in [2.45, 2.75) is 25.6 Å². The first-order chi connectivity index (χ1) is 8.86. The number of benzene rings is 1. The molecule has 0 aliphatic carbocycles. The Morgan fingerprint density at radius 3 is 2.74 bits per heavy atom. The Balaban J connectivity index is 2.29. The molecular weight excluding hydrogens is 255 g/mol. The van der Waals surface area contributed by atoms with E-state index in [1.165, 1.54) is 12.3 Å². The lowest BCUT2D eigenvalue weighted by Gasteiger charge is -2.07. The predicted molar refractivity (Wildman–Crippen MR) is 66.4 cm³/mol. The number of imidazole rings is 1. The molecule has 0 spiro atoms. The number of aromatic nitrogens is 2. The number of nitrogens with one attached hydrogen (secondary N) is 1. The third-order valence-corrected chi connectivity index (χ3v) is 2.64. The Morgan fingerprint density at radius 2 is 2.11 bits per heavy atom. The van der Waals surface area contributed by atoms with Gasteiger partial charge in [-0.3, -0.25) is 0 Å². The first-order valence-corrected chi connectivity index (χ1v) is 5.83. The minimum absolute atomic E-state index is 0.0551. The van der Waals surface area contributed by atoms with Crippen LogP contribution in [0.3, 0.4) is 0 Å². The van der Waals surface area contributed by atoms with Crippen molar-refractivity contribution in [3.63, 3.8) is 0 Å². The molecule has 0 saturated heterocycles. The highest BCUT2D eigenvalue weighted by Gasteiger charge is 2.30. The number of nitrogens with two attached hydrogens (primary N) is 1. The average molecular weight is 269 g/mol. The van der Waals surface area contributed by atoms with Gasteiger partial charge in [-0.2, -0.15) is 13.2 Å². The summed E-state index contributed by atoms with van der Waals surface area (Å²) in [5.74, 6) is 0.669. The lowest BCUT2D eigenvalue weighted by molar-refractivity contribution is -0.137. The lowest BCUT2D eigenvalue weighted by Crippen LogP contribution is -2.18. The SMILES string of the molecule is CC(N)Cc1ncc(-c2cccc(C(F)(F)F)c2)[nH]1. The highest BCUT2D eigenvalue weighted by Crippen LogP contribution is 2.31. The Hall–Kier alpha value is -1.82. The van der Waals surface area contributed by atoms with Gasteiger partial charge in [0.1, 0.15) is 5.82 Å². The second kappa shape index (κ2) is 5.05. The molecule has 1 aromatic heterocycles. The fraction of sp³-hybridized carbons (Fsp3) is 0.308. The summed E-state index contributed by atoms with van der Waals surface area (Å²) in [5, 5.41) is 0. The molecule has 2 rings (SSSR count). The lowest BCUT2D eigenvalue weighted by atomic mass is 10.1. The monoisotopic (exact) mass is 269 g/mol. The molecule has 0 radical (unpaired) electrons. The predicted octanol–water partition coefficient (Wildman–Crippen LogP) is 2.99. The van der Waals surface area contributed by atoms with E-state index in [1.54, 1.807) is 6.07 Å². The average Bonchev–Trinajstić information content (AvgIpc) is 2.76. The van der Waals surface area contributed by atoms with Crippen LogP contribution in [0.5, 0.6) is 0 Å². The number of alkyl halides is 3. The van der Waals surface area contributed by atoms with Gasteiger partial charge in [0.15, 0.2) is 0 Å². The number of rotatable bonds is 3. The van der Waals surface area contributed by atoms with Crippen LogP contribution in [0.1, 0.15) is 18.3 Å². The zero-order chi connectivity index (χ0) is 14.0. The van der Waals surface area contributed by atoms with Gasteiger partial charge in [0, 0.05) is 18.0 Å². The number of halogens is 3. The van der Waals surface area contributed by atoms with Crippen LogP contribution in [0.15, 0.2) is 30.5 Å². The van der Waals surface area contributed by atoms with E-state index in [2.05, 4.69) is 9.97 Å². The second-order valence-electron chi connectivity index (χ2n) is 4.50. The smallest absolute Gasteiger partial charge is 0.342 e. The first-order valence-electron chi connectivity index (χ1n) is 5.83. The summed E-state index contributed by atoms with van der Waals surface area (Å²) in [5.41, 5.74) is 5.99. The van der Waals surface area contributed by atoms with Crippen molar-refractivity contribution in [1.29, 1.82) is 0 Å². The highest BCUT2D eigenvalue weighted by molar-refractivity contribution is 5.59. The maximum Gasteiger partial charge on any atom is 0.416 e. The molecule has 2 aromatic rings. The van der Waals surface area contributed by atoms with Gasteiger partial charge in [-0.15, -0.1) is 0 Å². The van der Waals surface area contributed by atoms with Crippen molar-refractivity contribution < 1.29 is 13.2 Å². The molecule has 3 N–H and O–H groups in total. The largest absolute Gasteiger partial charge is 0.416 e. The van der Waals surface area contributed by atoms with Gasteiger partial charge in [-0.05, 0) is 19.1 Å². The van der Waals surface area contributed by atoms with Crippen LogP contribution in [-0.4, -0.2) is 16.0 Å². The summed E-state index contributed by atoms with van der Waals surface area (Å²) in [6.45, 7) is 1.84. The standard InChI is InChI=1S/C13H14F3N3/c1-8(17)5-12-18-7-11(19-12)9-3-2-4-10(6-9)13(14,15)16/h2-4,6-8H,5,17H2,1H3,(H,18,19). The second-order valence-corrected chi connectivity index (χ2v) is 4.50. The molecule has 0 fully saturated rings. The zero-order valence-corrected chi connectivity index (χ0v) is 10.3. The molecular formula is C13H14F3N3. The quantitative estimate of drug-likeness (QED) is 0.900. The van der Waals surface area contributed by atoms with E-state index in [9.17, 15) is 13.2 Å². The van der Waals surface area contributed by atoms with Gasteiger partial charge in [0.2, 0.25) is 0 Å². The van der Waals surface area contributed by atoms with Crippen LogP contribution in [0, 0.1) is 0 Å². The van der Waals surface area contributed by atoms with E-state index < -0.39 is 11.7 Å². The van der Waals surface area contributed by atoms with E-state index >= 15 is 0 Å². The van der Waals surface area contributed by atoms with Crippen molar-refractivity contribution in [3.05, 3.63) is 41.9 Å². The summed E-state index contributed by atoms with van der Waals surface area (Å²) in [7, 11) is 0. The van der Waals surface area contributed by atoms with E-state index in [0.29, 0.717) is 23.5 Å². The van der Waals surface area contributed by atoms with Crippen molar-refractivity contribution in [2.24, 2.45) is 5.73 Å². The topological polar surface area (TPSA) is 54.7 Å². The molecule has 0 aliphatic heterocycles. The van der Waals surface area contributed by atoms with Crippen molar-refractivity contribution in [2.75, 3.05) is 0 Å². The number of nitrogens with zero attached hydrogens (tertiary/aromatic N) is 1. The minimum Gasteiger partial charge on any atom is -0.342 e. The van der Waals surface area contributed by atoms with Crippen LogP contribution in [0.25, 0.3) is 11.3 Å². The summed E-state index contributed by atoms with van der Waals surface area (Å²) in [6, 6.07) is 5.08. The summed E-state index contributed by atoms with van der Waals surface area (Å²) < 4.78 is 37.9. The molecule has 1 atom stereocenters. The molecule has 0 bridgehead atoms. The number of H-pyrrole nitrogens is 1. The molecule has 1 aromatic carbocycles. The van der Waals surface area contributed by atoms with Crippen LogP contribution in [0.4, 0.5) is 13.2 Å². The molecule has 6 heteroatoms. The molecule has 19 heavy (non-hydrogen) atoms. The van der Waals surface area contributed by atoms with E-state index in [4.69, 9.17) is 5.73 Å². The summed E-state index contributed by atoms with van der Waals surface area (Å²) in [6.07, 6.45) is -2.27. The van der Waals surface area contributed by atoms with E-state index in [0.717, 1.165) is 12.1 Å². The van der Waals surface area contributed by atoms with Gasteiger partial charge in [-0.25, -0.2) is 4.98 Å². The van der Waals surface area contributed by atoms with Gasteiger partial charge in [0.25, 0.3) is 0 Å². The third-order valence-electron chi connectivity index (χ3n) is 2.64. The van der Waals surface area contributed by atoms with Crippen LogP contribution in [0.2, 0.25) is 0 Å². The van der Waals surface area contributed by atoms with Crippen LogP contribution < -0.4 is 5.73 Å². The number of hydrogen-bond donors (Lipinski definition) is 2. The molecule has 0 saturated carbocycles. The van der Waals surface area contributed by atoms with Gasteiger partial charge in [0.05, 0.1) is 17.5 Å². The Labute approximate surface area is 108 Å². The maximum atomic E-state index is 12.6. The number of aromatic amines is 1. The van der Waals surface area contributed by atoms with Gasteiger partial charge in [-0.1, -0.05) is 12.1 Å². The van der Waals surface area contributed by atoms with Gasteiger partial charge < -0.3 is 10.7 Å². The highest BCUT2D eigenvalue weighted by atomic mass is 19.4. The zero-order valence-electron chi connectivity index (χ0n) is 10.3. The van der Waals surface area contributed by atoms with E-state index in [-0.39, 0.29) is 6.04 Å². The van der Waals surface area contributed by atoms with Crippen molar-refractivity contribution >= 4 is 0 Å². The fourth-order valence-electron chi connectivity index (χ4n) is 1.78. The summed E-state index contributed by atoms with van der Waals surface area (Å²) in [4.78, 5) is 7.09. The molecule has 102 valence electrons. The Morgan fingerprint density at radius 1 is 1.37 bits per heavy atom.